The first kappa shape index (κ1) is 9.58. The zero-order valence-corrected chi connectivity index (χ0v) is 9.36. The van der Waals surface area contributed by atoms with Gasteiger partial charge in [-0.05, 0) is 42.9 Å². The fourth-order valence-electron chi connectivity index (χ4n) is 2.39. The Hall–Kier alpha value is -1.64. The lowest BCUT2D eigenvalue weighted by Crippen LogP contribution is -2.04. The highest BCUT2D eigenvalue weighted by Crippen LogP contribution is 2.30. The molecule has 0 unspecified atom stereocenters. The minimum absolute atomic E-state index is 0.628. The molecule has 1 heterocycles. The second-order valence-electron chi connectivity index (χ2n) is 4.28. The van der Waals surface area contributed by atoms with Crippen molar-refractivity contribution in [3.05, 3.63) is 35.2 Å². The van der Waals surface area contributed by atoms with Crippen molar-refractivity contribution in [1.29, 1.82) is 0 Å². The molecule has 0 atom stereocenters. The summed E-state index contributed by atoms with van der Waals surface area (Å²) < 4.78 is 5.51. The Bertz CT molecular complexity index is 516. The molecule has 82 valence electrons. The molecule has 0 radical (unpaired) electrons. The predicted molar refractivity (Wildman–Crippen MR) is 61.1 cm³/mol. The van der Waals surface area contributed by atoms with Gasteiger partial charge in [-0.2, -0.15) is 0 Å². The Morgan fingerprint density at radius 3 is 2.81 bits per heavy atom. The van der Waals surface area contributed by atoms with Crippen molar-refractivity contribution in [2.75, 3.05) is 0 Å². The molecule has 1 aliphatic rings. The number of hydrogen-bond acceptors (Lipinski definition) is 3. The van der Waals surface area contributed by atoms with Crippen molar-refractivity contribution in [3.8, 4) is 11.5 Å². The number of benzene rings is 1. The lowest BCUT2D eigenvalue weighted by atomic mass is 9.88. The summed E-state index contributed by atoms with van der Waals surface area (Å²) in [6.07, 6.45) is 4.86. The van der Waals surface area contributed by atoms with Crippen LogP contribution in [0.2, 0.25) is 0 Å². The Morgan fingerprint density at radius 1 is 1.12 bits per heavy atom. The third kappa shape index (κ3) is 1.52. The van der Waals surface area contributed by atoms with Crippen LogP contribution in [0.15, 0.2) is 22.6 Å². The van der Waals surface area contributed by atoms with Crippen LogP contribution < -0.4 is 0 Å². The highest BCUT2D eigenvalue weighted by molar-refractivity contribution is 5.61. The molecule has 3 heteroatoms. The molecule has 0 N–H and O–H groups in total. The minimum atomic E-state index is 0.628. The molecule has 1 aromatic carbocycles. The maximum absolute atomic E-state index is 5.51. The van der Waals surface area contributed by atoms with Crippen molar-refractivity contribution in [3.63, 3.8) is 0 Å². The summed E-state index contributed by atoms with van der Waals surface area (Å²) in [6, 6.07) is 6.37. The number of rotatable bonds is 1. The van der Waals surface area contributed by atoms with Gasteiger partial charge in [-0.15, -0.1) is 10.2 Å². The first-order valence-electron chi connectivity index (χ1n) is 5.76. The predicted octanol–water partition coefficient (Wildman–Crippen LogP) is 2.92. The van der Waals surface area contributed by atoms with E-state index in [1.54, 1.807) is 0 Å². The summed E-state index contributed by atoms with van der Waals surface area (Å²) in [4.78, 5) is 0. The topological polar surface area (TPSA) is 38.9 Å². The normalized spacial score (nSPS) is 14.8. The smallest absolute Gasteiger partial charge is 0.248 e. The number of aryl methyl sites for hydroxylation is 2. The van der Waals surface area contributed by atoms with Gasteiger partial charge < -0.3 is 4.42 Å². The maximum atomic E-state index is 5.51. The quantitative estimate of drug-likeness (QED) is 0.732. The number of fused-ring (bicyclic) bond motifs is 1. The molecule has 0 aliphatic heterocycles. The highest BCUT2D eigenvalue weighted by Gasteiger charge is 2.16. The second kappa shape index (κ2) is 3.74. The Morgan fingerprint density at radius 2 is 2.00 bits per heavy atom. The molecule has 0 saturated carbocycles. The fraction of sp³-hybridized carbons (Fsp3) is 0.385. The summed E-state index contributed by atoms with van der Waals surface area (Å²) in [5.74, 6) is 1.29. The standard InChI is InChI=1S/C13H14N2O/c1-9-14-15-13(16-9)12-8-4-6-10-5-2-3-7-11(10)12/h4,6,8H,2-3,5,7H2,1H3. The number of hydrogen-bond donors (Lipinski definition) is 0. The molecule has 2 aromatic rings. The molecule has 0 fully saturated rings. The molecular weight excluding hydrogens is 200 g/mol. The second-order valence-corrected chi connectivity index (χ2v) is 4.28. The molecule has 0 amide bonds. The third-order valence-electron chi connectivity index (χ3n) is 3.15. The van der Waals surface area contributed by atoms with Crippen molar-refractivity contribution in [2.24, 2.45) is 0 Å². The van der Waals surface area contributed by atoms with Gasteiger partial charge in [0, 0.05) is 12.5 Å². The van der Waals surface area contributed by atoms with E-state index in [9.17, 15) is 0 Å². The van der Waals surface area contributed by atoms with Gasteiger partial charge in [0.1, 0.15) is 0 Å². The van der Waals surface area contributed by atoms with Crippen molar-refractivity contribution in [2.45, 2.75) is 32.6 Å². The lowest BCUT2D eigenvalue weighted by molar-refractivity contribution is 0.531. The molecule has 0 saturated heterocycles. The molecule has 16 heavy (non-hydrogen) atoms. The van der Waals surface area contributed by atoms with Gasteiger partial charge in [-0.25, -0.2) is 0 Å². The van der Waals surface area contributed by atoms with E-state index >= 15 is 0 Å². The number of aromatic nitrogens is 2. The average molecular weight is 214 g/mol. The fourth-order valence-corrected chi connectivity index (χ4v) is 2.39. The van der Waals surface area contributed by atoms with E-state index in [4.69, 9.17) is 4.42 Å². The molecule has 0 bridgehead atoms. The largest absolute Gasteiger partial charge is 0.421 e. The van der Waals surface area contributed by atoms with Crippen LogP contribution in [0.3, 0.4) is 0 Å². The summed E-state index contributed by atoms with van der Waals surface area (Å²) in [6.45, 7) is 1.83. The average Bonchev–Trinajstić information content (AvgIpc) is 2.75. The zero-order chi connectivity index (χ0) is 11.0. The summed E-state index contributed by atoms with van der Waals surface area (Å²) in [7, 11) is 0. The van der Waals surface area contributed by atoms with Gasteiger partial charge in [0.25, 0.3) is 0 Å². The summed E-state index contributed by atoms with van der Waals surface area (Å²) in [5, 5.41) is 8.00. The first-order valence-corrected chi connectivity index (χ1v) is 5.76. The number of nitrogens with zero attached hydrogens (tertiary/aromatic N) is 2. The van der Waals surface area contributed by atoms with E-state index in [0.717, 1.165) is 12.0 Å². The molecule has 1 aromatic heterocycles. The van der Waals surface area contributed by atoms with Gasteiger partial charge >= 0.3 is 0 Å². The monoisotopic (exact) mass is 214 g/mol. The van der Waals surface area contributed by atoms with E-state index in [-0.39, 0.29) is 0 Å². The molecule has 1 aliphatic carbocycles. The van der Waals surface area contributed by atoms with Gasteiger partial charge in [-0.3, -0.25) is 0 Å². The van der Waals surface area contributed by atoms with Gasteiger partial charge in [0.05, 0.1) is 0 Å². The Kier molecular flexibility index (Phi) is 2.24. The van der Waals surface area contributed by atoms with Crippen molar-refractivity contribution >= 4 is 0 Å². The van der Waals surface area contributed by atoms with Crippen molar-refractivity contribution in [1.82, 2.24) is 10.2 Å². The zero-order valence-electron chi connectivity index (χ0n) is 9.36. The summed E-state index contributed by atoms with van der Waals surface area (Å²) >= 11 is 0. The lowest BCUT2D eigenvalue weighted by Gasteiger charge is -2.17. The van der Waals surface area contributed by atoms with Crippen LogP contribution in [0.5, 0.6) is 0 Å². The summed E-state index contributed by atoms with van der Waals surface area (Å²) in [5.41, 5.74) is 3.97. The van der Waals surface area contributed by atoms with Crippen molar-refractivity contribution < 1.29 is 4.42 Å². The van der Waals surface area contributed by atoms with E-state index < -0.39 is 0 Å². The van der Waals surface area contributed by atoms with E-state index in [2.05, 4.69) is 28.4 Å². The van der Waals surface area contributed by atoms with Crippen LogP contribution in [0.4, 0.5) is 0 Å². The van der Waals surface area contributed by atoms with Crippen LogP contribution in [-0.2, 0) is 12.8 Å². The van der Waals surface area contributed by atoms with Crippen LogP contribution in [0.1, 0.15) is 29.9 Å². The molecular formula is C13H14N2O. The van der Waals surface area contributed by atoms with E-state index in [1.807, 2.05) is 6.92 Å². The third-order valence-corrected chi connectivity index (χ3v) is 3.15. The minimum Gasteiger partial charge on any atom is -0.421 e. The van der Waals surface area contributed by atoms with Gasteiger partial charge in [-0.1, -0.05) is 12.1 Å². The molecule has 0 spiro atoms. The van der Waals surface area contributed by atoms with Gasteiger partial charge in [0.15, 0.2) is 0 Å². The highest BCUT2D eigenvalue weighted by atomic mass is 16.4. The first-order chi connectivity index (χ1) is 7.84. The maximum Gasteiger partial charge on any atom is 0.248 e. The van der Waals surface area contributed by atoms with E-state index in [1.165, 1.54) is 30.4 Å². The Balaban J connectivity index is 2.13. The van der Waals surface area contributed by atoms with Gasteiger partial charge in [0.2, 0.25) is 11.8 Å². The Labute approximate surface area is 94.5 Å². The van der Waals surface area contributed by atoms with Crippen LogP contribution >= 0.6 is 0 Å². The van der Waals surface area contributed by atoms with Crippen LogP contribution in [-0.4, -0.2) is 10.2 Å². The molecule has 3 nitrogen and oxygen atoms in total. The molecule has 3 rings (SSSR count). The van der Waals surface area contributed by atoms with Crippen LogP contribution in [0, 0.1) is 6.92 Å². The van der Waals surface area contributed by atoms with E-state index in [0.29, 0.717) is 11.8 Å². The SMILES string of the molecule is Cc1nnc(-c2cccc3c2CCCC3)o1. The van der Waals surface area contributed by atoms with Crippen LogP contribution in [0.25, 0.3) is 11.5 Å².